The molecule has 2 heterocycles. The highest BCUT2D eigenvalue weighted by Gasteiger charge is 2.23. The normalized spacial score (nSPS) is 19.6. The summed E-state index contributed by atoms with van der Waals surface area (Å²) < 4.78 is 13.0. The van der Waals surface area contributed by atoms with E-state index in [4.69, 9.17) is 23.8 Å². The van der Waals surface area contributed by atoms with E-state index in [0.29, 0.717) is 34.6 Å². The number of benzene rings is 1. The van der Waals surface area contributed by atoms with Gasteiger partial charge in [0.05, 0.1) is 0 Å². The molecule has 1 fully saturated rings. The zero-order valence-corrected chi connectivity index (χ0v) is 16.9. The van der Waals surface area contributed by atoms with Crippen molar-refractivity contribution in [3.63, 3.8) is 0 Å². The number of nitrogens with one attached hydrogen (secondary N) is 2. The van der Waals surface area contributed by atoms with Gasteiger partial charge in [-0.05, 0) is 48.2 Å². The average Bonchev–Trinajstić information content (AvgIpc) is 2.60. The van der Waals surface area contributed by atoms with E-state index < -0.39 is 0 Å². The van der Waals surface area contributed by atoms with Crippen molar-refractivity contribution in [2.24, 2.45) is 11.8 Å². The van der Waals surface area contributed by atoms with Crippen LogP contribution in [0, 0.1) is 17.7 Å². The minimum atomic E-state index is -0.263. The smallest absolute Gasteiger partial charge is 0.232 e. The summed E-state index contributed by atoms with van der Waals surface area (Å²) in [7, 11) is 0. The number of piperidine rings is 1. The summed E-state index contributed by atoms with van der Waals surface area (Å²) in [5.41, 5.74) is 0.921. The zero-order valence-electron chi connectivity index (χ0n) is 15.4. The zero-order chi connectivity index (χ0) is 19.4. The van der Waals surface area contributed by atoms with E-state index in [2.05, 4.69) is 39.3 Å². The fraction of sp³-hybridized carbons (Fsp3) is 0.421. The highest BCUT2D eigenvalue weighted by molar-refractivity contribution is 7.80. The third-order valence-electron chi connectivity index (χ3n) is 4.47. The first-order valence-corrected chi connectivity index (χ1v) is 9.76. The largest absolute Gasteiger partial charge is 0.358 e. The van der Waals surface area contributed by atoms with Gasteiger partial charge < -0.3 is 15.5 Å². The Bertz CT molecular complexity index is 791. The van der Waals surface area contributed by atoms with E-state index in [1.165, 1.54) is 18.6 Å². The molecule has 0 unspecified atom stereocenters. The van der Waals surface area contributed by atoms with Crippen molar-refractivity contribution in [1.29, 1.82) is 0 Å². The van der Waals surface area contributed by atoms with Crippen molar-refractivity contribution >= 4 is 40.7 Å². The number of rotatable bonds is 4. The van der Waals surface area contributed by atoms with Gasteiger partial charge in [-0.25, -0.2) is 9.37 Å². The lowest BCUT2D eigenvalue weighted by Crippen LogP contribution is -2.39. The van der Waals surface area contributed by atoms with Gasteiger partial charge in [0.15, 0.2) is 5.11 Å². The van der Waals surface area contributed by atoms with Crippen molar-refractivity contribution < 1.29 is 4.39 Å². The maximum Gasteiger partial charge on any atom is 0.232 e. The van der Waals surface area contributed by atoms with E-state index in [9.17, 15) is 4.39 Å². The highest BCUT2D eigenvalue weighted by Crippen LogP contribution is 2.27. The molecule has 2 aromatic rings. The SMILES string of the molecule is C[C@@H]1C[C@H](C)CN(c2cc(Cl)nc(NC(=S)NCc3ccc(F)cc3)n2)C1. The molecule has 0 spiro atoms. The van der Waals surface area contributed by atoms with E-state index >= 15 is 0 Å². The Hall–Kier alpha value is -1.99. The Balaban J connectivity index is 1.63. The van der Waals surface area contributed by atoms with E-state index in [0.717, 1.165) is 24.5 Å². The number of nitrogens with zero attached hydrogens (tertiary/aromatic N) is 3. The second kappa shape index (κ2) is 8.80. The number of hydrogen-bond donors (Lipinski definition) is 2. The number of anilines is 2. The third kappa shape index (κ3) is 5.74. The Morgan fingerprint density at radius 2 is 1.89 bits per heavy atom. The number of hydrogen-bond acceptors (Lipinski definition) is 4. The van der Waals surface area contributed by atoms with Gasteiger partial charge in [0.25, 0.3) is 0 Å². The van der Waals surface area contributed by atoms with Crippen LogP contribution in [0.2, 0.25) is 5.15 Å². The van der Waals surface area contributed by atoms with E-state index in [1.54, 1.807) is 18.2 Å². The number of thiocarbonyl (C=S) groups is 1. The molecule has 5 nitrogen and oxygen atoms in total. The molecule has 2 N–H and O–H groups in total. The van der Waals surface area contributed by atoms with Gasteiger partial charge in [0, 0.05) is 25.7 Å². The van der Waals surface area contributed by atoms with Crippen LogP contribution in [0.25, 0.3) is 0 Å². The van der Waals surface area contributed by atoms with Crippen molar-refractivity contribution in [3.8, 4) is 0 Å². The minimum Gasteiger partial charge on any atom is -0.358 e. The van der Waals surface area contributed by atoms with Crippen molar-refractivity contribution in [2.45, 2.75) is 26.8 Å². The second-order valence-electron chi connectivity index (χ2n) is 7.16. The van der Waals surface area contributed by atoms with Crippen molar-refractivity contribution in [3.05, 3.63) is 46.9 Å². The topological polar surface area (TPSA) is 53.1 Å². The van der Waals surface area contributed by atoms with Gasteiger partial charge >= 0.3 is 0 Å². The summed E-state index contributed by atoms with van der Waals surface area (Å²) in [5.74, 6) is 2.12. The summed E-state index contributed by atoms with van der Waals surface area (Å²) >= 11 is 11.5. The first-order chi connectivity index (χ1) is 12.9. The molecule has 0 radical (unpaired) electrons. The maximum atomic E-state index is 13.0. The molecule has 27 heavy (non-hydrogen) atoms. The molecule has 1 aromatic heterocycles. The first-order valence-electron chi connectivity index (χ1n) is 8.98. The average molecular weight is 408 g/mol. The molecule has 1 saturated heterocycles. The van der Waals surface area contributed by atoms with Crippen LogP contribution >= 0.6 is 23.8 Å². The maximum absolute atomic E-state index is 13.0. The molecule has 0 saturated carbocycles. The van der Waals surface area contributed by atoms with Crippen LogP contribution in [0.1, 0.15) is 25.8 Å². The quantitative estimate of drug-likeness (QED) is 0.584. The Kier molecular flexibility index (Phi) is 6.44. The molecular formula is C19H23ClFN5S. The Morgan fingerprint density at radius 3 is 2.56 bits per heavy atom. The summed E-state index contributed by atoms with van der Waals surface area (Å²) in [6.07, 6.45) is 1.22. The molecule has 0 amide bonds. The molecular weight excluding hydrogens is 385 g/mol. The molecule has 1 aromatic carbocycles. The van der Waals surface area contributed by atoms with E-state index in [1.807, 2.05) is 0 Å². The highest BCUT2D eigenvalue weighted by atomic mass is 35.5. The fourth-order valence-electron chi connectivity index (χ4n) is 3.40. The van der Waals surface area contributed by atoms with Gasteiger partial charge in [-0.1, -0.05) is 37.6 Å². The lowest BCUT2D eigenvalue weighted by molar-refractivity contribution is 0.355. The monoisotopic (exact) mass is 407 g/mol. The molecule has 3 rings (SSSR count). The summed E-state index contributed by atoms with van der Waals surface area (Å²) in [6.45, 7) is 6.87. The predicted octanol–water partition coefficient (Wildman–Crippen LogP) is 4.24. The molecule has 1 aliphatic rings. The standard InChI is InChI=1S/C19H23ClFN5S/c1-12-7-13(2)11-26(10-12)17-8-16(20)23-18(24-17)25-19(27)22-9-14-3-5-15(21)6-4-14/h3-6,8,12-13H,7,9-11H2,1-2H3,(H2,22,23,24,25,27)/t12-,13+. The summed E-state index contributed by atoms with van der Waals surface area (Å²) in [5, 5.41) is 6.79. The molecule has 0 aliphatic carbocycles. The molecule has 144 valence electrons. The van der Waals surface area contributed by atoms with Crippen molar-refractivity contribution in [2.75, 3.05) is 23.3 Å². The molecule has 1 aliphatic heterocycles. The van der Waals surface area contributed by atoms with Crippen LogP contribution in [0.3, 0.4) is 0 Å². The van der Waals surface area contributed by atoms with Gasteiger partial charge in [-0.3, -0.25) is 0 Å². The van der Waals surface area contributed by atoms with Gasteiger partial charge in [0.2, 0.25) is 5.95 Å². The lowest BCUT2D eigenvalue weighted by Gasteiger charge is -2.35. The molecule has 0 bridgehead atoms. The summed E-state index contributed by atoms with van der Waals surface area (Å²) in [4.78, 5) is 11.0. The van der Waals surface area contributed by atoms with Crippen LogP contribution in [0.4, 0.5) is 16.2 Å². The fourth-order valence-corrected chi connectivity index (χ4v) is 3.75. The van der Waals surface area contributed by atoms with E-state index in [-0.39, 0.29) is 5.82 Å². The van der Waals surface area contributed by atoms with Gasteiger partial charge in [-0.15, -0.1) is 0 Å². The number of halogens is 2. The van der Waals surface area contributed by atoms with Crippen molar-refractivity contribution in [1.82, 2.24) is 15.3 Å². The minimum absolute atomic E-state index is 0.263. The second-order valence-corrected chi connectivity index (χ2v) is 7.95. The van der Waals surface area contributed by atoms with Crippen LogP contribution in [-0.4, -0.2) is 28.2 Å². The Morgan fingerprint density at radius 1 is 1.22 bits per heavy atom. The van der Waals surface area contributed by atoms with Gasteiger partial charge in [0.1, 0.15) is 16.8 Å². The van der Waals surface area contributed by atoms with Crippen LogP contribution in [0.15, 0.2) is 30.3 Å². The molecule has 2 atom stereocenters. The van der Waals surface area contributed by atoms with Crippen LogP contribution in [-0.2, 0) is 6.54 Å². The summed E-state index contributed by atoms with van der Waals surface area (Å²) in [6, 6.07) is 8.03. The van der Waals surface area contributed by atoms with Crippen LogP contribution in [0.5, 0.6) is 0 Å². The third-order valence-corrected chi connectivity index (χ3v) is 4.91. The first kappa shape index (κ1) is 19.8. The van der Waals surface area contributed by atoms with Crippen LogP contribution < -0.4 is 15.5 Å². The van der Waals surface area contributed by atoms with Gasteiger partial charge in [-0.2, -0.15) is 4.98 Å². The molecule has 8 heteroatoms. The lowest BCUT2D eigenvalue weighted by atomic mass is 9.92. The Labute approximate surface area is 169 Å². The number of aromatic nitrogens is 2. The predicted molar refractivity (Wildman–Crippen MR) is 112 cm³/mol.